The van der Waals surface area contributed by atoms with Crippen LogP contribution in [0.4, 0.5) is 0 Å². The van der Waals surface area contributed by atoms with Gasteiger partial charge in [0, 0.05) is 45.0 Å². The van der Waals surface area contributed by atoms with Crippen LogP contribution in [-0.4, -0.2) is 60.8 Å². The number of nitrogens with zero attached hydrogens (tertiary/aromatic N) is 3. The van der Waals surface area contributed by atoms with E-state index in [1.165, 1.54) is 23.3 Å². The monoisotopic (exact) mass is 443 g/mol. The molecule has 2 heterocycles. The minimum Gasteiger partial charge on any atom is -0.490 e. The molecule has 0 bridgehead atoms. The predicted octanol–water partition coefficient (Wildman–Crippen LogP) is 2.87. The zero-order chi connectivity index (χ0) is 21.7. The molecule has 4 rings (SSSR count). The van der Waals surface area contributed by atoms with Crippen molar-refractivity contribution in [1.82, 2.24) is 14.2 Å². The third-order valence-electron chi connectivity index (χ3n) is 5.99. The van der Waals surface area contributed by atoms with E-state index < -0.39 is 10.0 Å². The van der Waals surface area contributed by atoms with Crippen molar-refractivity contribution in [3.63, 3.8) is 0 Å². The highest BCUT2D eigenvalue weighted by Crippen LogP contribution is 2.25. The SMILES string of the molecule is O=C(CCc1cccc(OC2CCCC2)c1)N1CCN(S(=O)(=O)c2cccnc2)CC1. The van der Waals surface area contributed by atoms with Crippen LogP contribution in [0.2, 0.25) is 0 Å². The van der Waals surface area contributed by atoms with Gasteiger partial charge in [0.25, 0.3) is 0 Å². The maximum atomic E-state index is 12.7. The molecule has 1 aliphatic heterocycles. The van der Waals surface area contributed by atoms with E-state index in [4.69, 9.17) is 4.74 Å². The summed E-state index contributed by atoms with van der Waals surface area (Å²) in [5.41, 5.74) is 1.08. The van der Waals surface area contributed by atoms with Gasteiger partial charge < -0.3 is 9.64 Å². The van der Waals surface area contributed by atoms with Gasteiger partial charge in [-0.2, -0.15) is 4.31 Å². The standard InChI is InChI=1S/C23H29N3O4S/c27-23(11-10-19-5-3-8-21(17-19)30-20-6-1-2-7-20)25-13-15-26(16-14-25)31(28,29)22-9-4-12-24-18-22/h3-5,8-9,12,17-18,20H,1-2,6-7,10-11,13-16H2. The van der Waals surface area contributed by atoms with E-state index >= 15 is 0 Å². The second-order valence-corrected chi connectivity index (χ2v) is 10.1. The zero-order valence-electron chi connectivity index (χ0n) is 17.7. The van der Waals surface area contributed by atoms with Crippen molar-refractivity contribution in [2.75, 3.05) is 26.2 Å². The smallest absolute Gasteiger partial charge is 0.244 e. The lowest BCUT2D eigenvalue weighted by molar-refractivity contribution is -0.132. The first-order valence-electron chi connectivity index (χ1n) is 11.0. The molecule has 7 nitrogen and oxygen atoms in total. The van der Waals surface area contributed by atoms with Gasteiger partial charge in [0.15, 0.2) is 0 Å². The number of sulfonamides is 1. The molecule has 1 amide bonds. The molecule has 31 heavy (non-hydrogen) atoms. The Bertz CT molecular complexity index is 983. The number of pyridine rings is 1. The Balaban J connectivity index is 1.27. The van der Waals surface area contributed by atoms with Gasteiger partial charge in [0.2, 0.25) is 15.9 Å². The third kappa shape index (κ3) is 5.43. The van der Waals surface area contributed by atoms with Gasteiger partial charge >= 0.3 is 0 Å². The second kappa shape index (κ2) is 9.78. The summed E-state index contributed by atoms with van der Waals surface area (Å²) in [5, 5.41) is 0. The minimum absolute atomic E-state index is 0.0561. The van der Waals surface area contributed by atoms with Crippen molar-refractivity contribution in [2.45, 2.75) is 49.5 Å². The number of rotatable bonds is 7. The average molecular weight is 444 g/mol. The molecule has 0 radical (unpaired) electrons. The number of amides is 1. The van der Waals surface area contributed by atoms with E-state index in [1.54, 1.807) is 23.2 Å². The number of piperazine rings is 1. The van der Waals surface area contributed by atoms with Gasteiger partial charge in [-0.15, -0.1) is 0 Å². The van der Waals surface area contributed by atoms with Crippen molar-refractivity contribution in [2.24, 2.45) is 0 Å². The zero-order valence-corrected chi connectivity index (χ0v) is 18.5. The summed E-state index contributed by atoms with van der Waals surface area (Å²) in [5.74, 6) is 0.937. The summed E-state index contributed by atoms with van der Waals surface area (Å²) >= 11 is 0. The van der Waals surface area contributed by atoms with Gasteiger partial charge in [-0.25, -0.2) is 8.42 Å². The third-order valence-corrected chi connectivity index (χ3v) is 7.88. The van der Waals surface area contributed by atoms with Crippen LogP contribution in [0.3, 0.4) is 0 Å². The first kappa shape index (κ1) is 21.8. The molecule has 0 N–H and O–H groups in total. The maximum absolute atomic E-state index is 12.7. The summed E-state index contributed by atoms with van der Waals surface area (Å²) < 4.78 is 32.9. The molecular weight excluding hydrogens is 414 g/mol. The van der Waals surface area contributed by atoms with Crippen LogP contribution < -0.4 is 4.74 Å². The van der Waals surface area contributed by atoms with Crippen LogP contribution in [-0.2, 0) is 21.2 Å². The molecule has 1 saturated heterocycles. The van der Waals surface area contributed by atoms with E-state index in [1.807, 2.05) is 24.3 Å². The summed E-state index contributed by atoms with van der Waals surface area (Å²) in [6.45, 7) is 1.41. The van der Waals surface area contributed by atoms with Crippen molar-refractivity contribution in [3.05, 3.63) is 54.4 Å². The highest BCUT2D eigenvalue weighted by atomic mass is 32.2. The number of hydrogen-bond acceptors (Lipinski definition) is 5. The Morgan fingerprint density at radius 3 is 2.55 bits per heavy atom. The maximum Gasteiger partial charge on any atom is 0.244 e. The largest absolute Gasteiger partial charge is 0.490 e. The number of ether oxygens (including phenoxy) is 1. The van der Waals surface area contributed by atoms with E-state index in [0.29, 0.717) is 45.1 Å². The summed E-state index contributed by atoms with van der Waals surface area (Å²) in [6, 6.07) is 11.2. The van der Waals surface area contributed by atoms with E-state index in [2.05, 4.69) is 4.98 Å². The second-order valence-electron chi connectivity index (χ2n) is 8.15. The van der Waals surface area contributed by atoms with Crippen LogP contribution in [0.5, 0.6) is 5.75 Å². The molecule has 166 valence electrons. The molecular formula is C23H29N3O4S. The van der Waals surface area contributed by atoms with Crippen molar-refractivity contribution in [3.8, 4) is 5.75 Å². The normalized spacial score (nSPS) is 18.3. The Morgan fingerprint density at radius 2 is 1.84 bits per heavy atom. The number of hydrogen-bond donors (Lipinski definition) is 0. The Kier molecular flexibility index (Phi) is 6.87. The van der Waals surface area contributed by atoms with Gasteiger partial charge in [-0.05, 0) is 61.9 Å². The molecule has 0 spiro atoms. The molecule has 1 saturated carbocycles. The fourth-order valence-electron chi connectivity index (χ4n) is 4.21. The van der Waals surface area contributed by atoms with Gasteiger partial charge in [-0.3, -0.25) is 9.78 Å². The molecule has 2 aliphatic rings. The molecule has 2 fully saturated rings. The van der Waals surface area contributed by atoms with Crippen LogP contribution in [0.1, 0.15) is 37.7 Å². The van der Waals surface area contributed by atoms with E-state index in [0.717, 1.165) is 24.2 Å². The first-order valence-corrected chi connectivity index (χ1v) is 12.4. The lowest BCUT2D eigenvalue weighted by atomic mass is 10.1. The van der Waals surface area contributed by atoms with Crippen LogP contribution >= 0.6 is 0 Å². The van der Waals surface area contributed by atoms with E-state index in [-0.39, 0.29) is 10.8 Å². The lowest BCUT2D eigenvalue weighted by Gasteiger charge is -2.34. The first-order chi connectivity index (χ1) is 15.0. The molecule has 1 aromatic heterocycles. The number of benzene rings is 1. The molecule has 8 heteroatoms. The number of aryl methyl sites for hydroxylation is 1. The quantitative estimate of drug-likeness (QED) is 0.657. The highest BCUT2D eigenvalue weighted by Gasteiger charge is 2.30. The van der Waals surface area contributed by atoms with E-state index in [9.17, 15) is 13.2 Å². The highest BCUT2D eigenvalue weighted by molar-refractivity contribution is 7.89. The molecule has 0 unspecified atom stereocenters. The fourth-order valence-corrected chi connectivity index (χ4v) is 5.60. The molecule has 1 aliphatic carbocycles. The minimum atomic E-state index is -3.56. The Hall–Kier alpha value is -2.45. The van der Waals surface area contributed by atoms with Gasteiger partial charge in [0.1, 0.15) is 10.6 Å². The van der Waals surface area contributed by atoms with Crippen molar-refractivity contribution < 1.29 is 17.9 Å². The topological polar surface area (TPSA) is 79.8 Å². The fraction of sp³-hybridized carbons (Fsp3) is 0.478. The lowest BCUT2D eigenvalue weighted by Crippen LogP contribution is -2.50. The van der Waals surface area contributed by atoms with Crippen LogP contribution in [0.25, 0.3) is 0 Å². The van der Waals surface area contributed by atoms with Gasteiger partial charge in [-0.1, -0.05) is 12.1 Å². The predicted molar refractivity (Wildman–Crippen MR) is 117 cm³/mol. The number of aromatic nitrogens is 1. The Labute approximate surface area is 184 Å². The number of carbonyl (C=O) groups is 1. The summed E-state index contributed by atoms with van der Waals surface area (Å²) in [6.07, 6.45) is 8.97. The molecule has 0 atom stereocenters. The van der Waals surface area contributed by atoms with Gasteiger partial charge in [0.05, 0.1) is 6.10 Å². The van der Waals surface area contributed by atoms with Crippen LogP contribution in [0, 0.1) is 0 Å². The average Bonchev–Trinajstić information content (AvgIpc) is 3.31. The van der Waals surface area contributed by atoms with Crippen molar-refractivity contribution >= 4 is 15.9 Å². The number of carbonyl (C=O) groups excluding carboxylic acids is 1. The van der Waals surface area contributed by atoms with Crippen LogP contribution in [0.15, 0.2) is 53.7 Å². The molecule has 1 aromatic carbocycles. The summed E-state index contributed by atoms with van der Waals surface area (Å²) in [4.78, 5) is 18.5. The summed E-state index contributed by atoms with van der Waals surface area (Å²) in [7, 11) is -3.56. The van der Waals surface area contributed by atoms with Crippen molar-refractivity contribution in [1.29, 1.82) is 0 Å². The Morgan fingerprint density at radius 1 is 1.06 bits per heavy atom. The molecule has 2 aromatic rings.